The molecule has 1 unspecified atom stereocenters. The van der Waals surface area contributed by atoms with Crippen LogP contribution in [-0.4, -0.2) is 28.9 Å². The SMILES string of the molecule is CCC1CN(Cc2cc(F)cc(Br)c2)CC/C1=N\O. The lowest BCUT2D eigenvalue weighted by Crippen LogP contribution is -2.40. The maximum atomic E-state index is 13.3. The van der Waals surface area contributed by atoms with E-state index in [0.29, 0.717) is 5.92 Å². The fourth-order valence-corrected chi connectivity index (χ4v) is 3.10. The van der Waals surface area contributed by atoms with Crippen molar-refractivity contribution in [3.8, 4) is 0 Å². The first-order valence-corrected chi connectivity index (χ1v) is 7.29. The Morgan fingerprint density at radius 3 is 2.89 bits per heavy atom. The summed E-state index contributed by atoms with van der Waals surface area (Å²) in [6.07, 6.45) is 1.74. The van der Waals surface area contributed by atoms with E-state index in [4.69, 9.17) is 5.21 Å². The van der Waals surface area contributed by atoms with Crippen molar-refractivity contribution in [2.45, 2.75) is 26.3 Å². The van der Waals surface area contributed by atoms with Gasteiger partial charge < -0.3 is 5.21 Å². The Morgan fingerprint density at radius 1 is 1.47 bits per heavy atom. The van der Waals surface area contributed by atoms with Crippen LogP contribution >= 0.6 is 15.9 Å². The fourth-order valence-electron chi connectivity index (χ4n) is 2.59. The molecule has 1 atom stereocenters. The molecule has 0 aromatic heterocycles. The van der Waals surface area contributed by atoms with Crippen molar-refractivity contribution < 1.29 is 9.60 Å². The van der Waals surface area contributed by atoms with Gasteiger partial charge in [-0.15, -0.1) is 0 Å². The summed E-state index contributed by atoms with van der Waals surface area (Å²) >= 11 is 3.31. The van der Waals surface area contributed by atoms with Crippen molar-refractivity contribution >= 4 is 21.6 Å². The molecular formula is C14H18BrFN2O. The van der Waals surface area contributed by atoms with E-state index >= 15 is 0 Å². The first-order valence-electron chi connectivity index (χ1n) is 6.50. The van der Waals surface area contributed by atoms with Crippen LogP contribution in [0.3, 0.4) is 0 Å². The molecule has 0 saturated carbocycles. The molecule has 104 valence electrons. The second kappa shape index (κ2) is 6.48. The minimum Gasteiger partial charge on any atom is -0.411 e. The number of rotatable bonds is 3. The molecule has 19 heavy (non-hydrogen) atoms. The summed E-state index contributed by atoms with van der Waals surface area (Å²) in [6.45, 7) is 4.54. The average molecular weight is 329 g/mol. The number of nitrogens with zero attached hydrogens (tertiary/aromatic N) is 2. The van der Waals surface area contributed by atoms with Crippen LogP contribution in [0.2, 0.25) is 0 Å². The number of likely N-dealkylation sites (tertiary alicyclic amines) is 1. The van der Waals surface area contributed by atoms with Crippen LogP contribution < -0.4 is 0 Å². The van der Waals surface area contributed by atoms with Crippen LogP contribution in [0.15, 0.2) is 27.8 Å². The van der Waals surface area contributed by atoms with E-state index in [1.807, 2.05) is 6.07 Å². The molecule has 0 radical (unpaired) electrons. The van der Waals surface area contributed by atoms with Crippen molar-refractivity contribution in [2.24, 2.45) is 11.1 Å². The number of hydrogen-bond acceptors (Lipinski definition) is 3. The van der Waals surface area contributed by atoms with Gasteiger partial charge in [-0.05, 0) is 30.2 Å². The van der Waals surface area contributed by atoms with Crippen LogP contribution in [0.25, 0.3) is 0 Å². The molecule has 1 aliphatic rings. The quantitative estimate of drug-likeness (QED) is 0.679. The summed E-state index contributed by atoms with van der Waals surface area (Å²) in [5, 5.41) is 12.3. The summed E-state index contributed by atoms with van der Waals surface area (Å²) in [5.74, 6) is 0.0850. The molecule has 1 saturated heterocycles. The third-order valence-electron chi connectivity index (χ3n) is 3.58. The maximum Gasteiger partial charge on any atom is 0.124 e. The molecule has 0 amide bonds. The zero-order valence-corrected chi connectivity index (χ0v) is 12.5. The molecule has 0 spiro atoms. The minimum absolute atomic E-state index is 0.217. The number of piperidine rings is 1. The highest BCUT2D eigenvalue weighted by Gasteiger charge is 2.24. The van der Waals surface area contributed by atoms with Crippen LogP contribution in [0.4, 0.5) is 4.39 Å². The van der Waals surface area contributed by atoms with Crippen molar-refractivity contribution in [2.75, 3.05) is 13.1 Å². The number of hydrogen-bond donors (Lipinski definition) is 1. The highest BCUT2D eigenvalue weighted by Crippen LogP contribution is 2.21. The van der Waals surface area contributed by atoms with Gasteiger partial charge in [-0.2, -0.15) is 0 Å². The predicted octanol–water partition coefficient (Wildman–Crippen LogP) is 3.65. The van der Waals surface area contributed by atoms with E-state index in [0.717, 1.165) is 48.2 Å². The van der Waals surface area contributed by atoms with Gasteiger partial charge in [-0.25, -0.2) is 4.39 Å². The Hall–Kier alpha value is -0.940. The number of benzene rings is 1. The largest absolute Gasteiger partial charge is 0.411 e. The van der Waals surface area contributed by atoms with Gasteiger partial charge in [0.2, 0.25) is 0 Å². The molecule has 0 aliphatic carbocycles. The van der Waals surface area contributed by atoms with E-state index < -0.39 is 0 Å². The topological polar surface area (TPSA) is 35.8 Å². The molecule has 5 heteroatoms. The third-order valence-corrected chi connectivity index (χ3v) is 4.04. The Balaban J connectivity index is 2.04. The van der Waals surface area contributed by atoms with Crippen molar-refractivity contribution in [1.29, 1.82) is 0 Å². The van der Waals surface area contributed by atoms with Gasteiger partial charge in [0.05, 0.1) is 5.71 Å². The van der Waals surface area contributed by atoms with Gasteiger partial charge in [0, 0.05) is 36.4 Å². The standard InChI is InChI=1S/C14H18BrFN2O/c1-2-11-9-18(4-3-14(11)17-19)8-10-5-12(15)7-13(16)6-10/h5-7,11,19H,2-4,8-9H2,1H3/b17-14+. The Kier molecular flexibility index (Phi) is 4.93. The van der Waals surface area contributed by atoms with Gasteiger partial charge in [0.15, 0.2) is 0 Å². The Labute approximate surface area is 121 Å². The number of halogens is 2. The first-order chi connectivity index (χ1) is 9.12. The normalized spacial score (nSPS) is 22.9. The molecule has 2 rings (SSSR count). The molecule has 1 aromatic carbocycles. The predicted molar refractivity (Wildman–Crippen MR) is 77.0 cm³/mol. The van der Waals surface area contributed by atoms with E-state index in [1.165, 1.54) is 6.07 Å². The van der Waals surface area contributed by atoms with Gasteiger partial charge >= 0.3 is 0 Å². The fraction of sp³-hybridized carbons (Fsp3) is 0.500. The van der Waals surface area contributed by atoms with Gasteiger partial charge in [0.25, 0.3) is 0 Å². The smallest absolute Gasteiger partial charge is 0.124 e. The van der Waals surface area contributed by atoms with Crippen molar-refractivity contribution in [3.05, 3.63) is 34.1 Å². The average Bonchev–Trinajstić information content (AvgIpc) is 2.37. The molecule has 1 N–H and O–H groups in total. The Morgan fingerprint density at radius 2 is 2.26 bits per heavy atom. The summed E-state index contributed by atoms with van der Waals surface area (Å²) in [7, 11) is 0. The maximum absolute atomic E-state index is 13.3. The van der Waals surface area contributed by atoms with Gasteiger partial charge in [-0.1, -0.05) is 28.0 Å². The molecule has 1 fully saturated rings. The van der Waals surface area contributed by atoms with Crippen LogP contribution in [0, 0.1) is 11.7 Å². The van der Waals surface area contributed by atoms with Gasteiger partial charge in [0.1, 0.15) is 5.82 Å². The van der Waals surface area contributed by atoms with Crippen molar-refractivity contribution in [3.63, 3.8) is 0 Å². The lowest BCUT2D eigenvalue weighted by atomic mass is 9.93. The summed E-state index contributed by atoms with van der Waals surface area (Å²) in [5.41, 5.74) is 1.85. The highest BCUT2D eigenvalue weighted by molar-refractivity contribution is 9.10. The lowest BCUT2D eigenvalue weighted by Gasteiger charge is -2.32. The van der Waals surface area contributed by atoms with E-state index in [-0.39, 0.29) is 5.82 Å². The second-order valence-corrected chi connectivity index (χ2v) is 5.87. The first kappa shape index (κ1) is 14.5. The van der Waals surface area contributed by atoms with Crippen LogP contribution in [0.1, 0.15) is 25.3 Å². The summed E-state index contributed by atoms with van der Waals surface area (Å²) in [6, 6.07) is 4.98. The third kappa shape index (κ3) is 3.76. The zero-order chi connectivity index (χ0) is 13.8. The summed E-state index contributed by atoms with van der Waals surface area (Å²) < 4.78 is 14.1. The molecule has 3 nitrogen and oxygen atoms in total. The van der Waals surface area contributed by atoms with Crippen molar-refractivity contribution in [1.82, 2.24) is 4.90 Å². The van der Waals surface area contributed by atoms with Crippen LogP contribution in [0.5, 0.6) is 0 Å². The highest BCUT2D eigenvalue weighted by atomic mass is 79.9. The van der Waals surface area contributed by atoms with E-state index in [1.54, 1.807) is 6.07 Å². The molecule has 1 heterocycles. The monoisotopic (exact) mass is 328 g/mol. The molecule has 1 aliphatic heterocycles. The summed E-state index contributed by atoms with van der Waals surface area (Å²) in [4.78, 5) is 2.28. The van der Waals surface area contributed by atoms with Gasteiger partial charge in [-0.3, -0.25) is 4.90 Å². The second-order valence-electron chi connectivity index (χ2n) is 4.96. The van der Waals surface area contributed by atoms with E-state index in [9.17, 15) is 4.39 Å². The molecular weight excluding hydrogens is 311 g/mol. The zero-order valence-electron chi connectivity index (χ0n) is 10.9. The minimum atomic E-state index is -0.217. The van der Waals surface area contributed by atoms with Crippen LogP contribution in [-0.2, 0) is 6.54 Å². The number of oxime groups is 1. The lowest BCUT2D eigenvalue weighted by molar-refractivity contribution is 0.220. The molecule has 1 aromatic rings. The Bertz CT molecular complexity index is 458. The van der Waals surface area contributed by atoms with E-state index in [2.05, 4.69) is 32.9 Å². The molecule has 0 bridgehead atoms.